The highest BCUT2D eigenvalue weighted by molar-refractivity contribution is 5.56. The number of pyridine rings is 1. The van der Waals surface area contributed by atoms with Crippen LogP contribution in [0.3, 0.4) is 0 Å². The van der Waals surface area contributed by atoms with Gasteiger partial charge in [0.1, 0.15) is 0 Å². The molecule has 2 aromatic heterocycles. The van der Waals surface area contributed by atoms with Crippen molar-refractivity contribution >= 4 is 0 Å². The summed E-state index contributed by atoms with van der Waals surface area (Å²) in [5.41, 5.74) is 2.08. The zero-order chi connectivity index (χ0) is 11.7. The summed E-state index contributed by atoms with van der Waals surface area (Å²) in [6.07, 6.45) is 8.14. The molecule has 3 rings (SSSR count). The fourth-order valence-electron chi connectivity index (χ4n) is 2.24. The fraction of sp³-hybridized carbons (Fsp3) is 0.385. The molecule has 2 aromatic rings. The van der Waals surface area contributed by atoms with Crippen molar-refractivity contribution in [3.8, 4) is 11.3 Å². The number of nitrogens with zero attached hydrogens (tertiary/aromatic N) is 3. The van der Waals surface area contributed by atoms with E-state index < -0.39 is 0 Å². The molecule has 2 heterocycles. The van der Waals surface area contributed by atoms with Crippen LogP contribution in [0.15, 0.2) is 36.8 Å². The lowest BCUT2D eigenvalue weighted by Crippen LogP contribution is -2.40. The maximum absolute atomic E-state index is 4.43. The standard InChI is InChI=1S/C13H16N4/c1-14-11-6-12(7-11)17-9-10(8-16-17)13-4-2-3-5-15-13/h2-5,8-9,11-12,14H,6-7H2,1H3/t11-,12-. The lowest BCUT2D eigenvalue weighted by atomic mass is 9.87. The normalized spacial score (nSPS) is 23.4. The smallest absolute Gasteiger partial charge is 0.0733 e. The van der Waals surface area contributed by atoms with Crippen molar-refractivity contribution in [2.75, 3.05) is 7.05 Å². The molecule has 0 spiro atoms. The van der Waals surface area contributed by atoms with Gasteiger partial charge in [0.15, 0.2) is 0 Å². The summed E-state index contributed by atoms with van der Waals surface area (Å²) >= 11 is 0. The van der Waals surface area contributed by atoms with Crippen molar-refractivity contribution in [3.05, 3.63) is 36.8 Å². The van der Waals surface area contributed by atoms with Gasteiger partial charge in [-0.15, -0.1) is 0 Å². The van der Waals surface area contributed by atoms with Crippen LogP contribution < -0.4 is 5.32 Å². The van der Waals surface area contributed by atoms with E-state index in [9.17, 15) is 0 Å². The summed E-state index contributed by atoms with van der Waals surface area (Å²) in [6.45, 7) is 0. The van der Waals surface area contributed by atoms with Crippen LogP contribution in [0.2, 0.25) is 0 Å². The molecule has 0 aliphatic heterocycles. The molecule has 0 amide bonds. The molecule has 4 heteroatoms. The monoisotopic (exact) mass is 228 g/mol. The van der Waals surface area contributed by atoms with E-state index in [0.29, 0.717) is 12.1 Å². The summed E-state index contributed by atoms with van der Waals surface area (Å²) in [4.78, 5) is 4.33. The second-order valence-electron chi connectivity index (χ2n) is 4.53. The fourth-order valence-corrected chi connectivity index (χ4v) is 2.24. The molecule has 4 nitrogen and oxygen atoms in total. The van der Waals surface area contributed by atoms with E-state index >= 15 is 0 Å². The maximum atomic E-state index is 4.43. The molecule has 1 aliphatic rings. The van der Waals surface area contributed by atoms with Crippen LogP contribution in [-0.2, 0) is 0 Å². The molecule has 0 aromatic carbocycles. The summed E-state index contributed by atoms with van der Waals surface area (Å²) in [6, 6.07) is 7.14. The van der Waals surface area contributed by atoms with Gasteiger partial charge in [-0.25, -0.2) is 0 Å². The van der Waals surface area contributed by atoms with Gasteiger partial charge in [0.05, 0.1) is 17.9 Å². The first-order chi connectivity index (χ1) is 8.36. The zero-order valence-electron chi connectivity index (χ0n) is 9.87. The van der Waals surface area contributed by atoms with Crippen molar-refractivity contribution < 1.29 is 0 Å². The largest absolute Gasteiger partial charge is 0.317 e. The molecule has 1 fully saturated rings. The van der Waals surface area contributed by atoms with Crippen molar-refractivity contribution in [1.29, 1.82) is 0 Å². The molecule has 17 heavy (non-hydrogen) atoms. The average molecular weight is 228 g/mol. The third-order valence-electron chi connectivity index (χ3n) is 3.46. The van der Waals surface area contributed by atoms with Crippen molar-refractivity contribution in [1.82, 2.24) is 20.1 Å². The minimum Gasteiger partial charge on any atom is -0.317 e. The Morgan fingerprint density at radius 2 is 2.24 bits per heavy atom. The van der Waals surface area contributed by atoms with Crippen molar-refractivity contribution in [2.24, 2.45) is 0 Å². The lowest BCUT2D eigenvalue weighted by molar-refractivity contribution is 0.220. The van der Waals surface area contributed by atoms with Crippen LogP contribution in [0.1, 0.15) is 18.9 Å². The van der Waals surface area contributed by atoms with Crippen LogP contribution in [0.5, 0.6) is 0 Å². The van der Waals surface area contributed by atoms with Crippen LogP contribution in [-0.4, -0.2) is 27.9 Å². The van der Waals surface area contributed by atoms with E-state index in [1.54, 1.807) is 0 Å². The van der Waals surface area contributed by atoms with E-state index in [1.807, 2.05) is 37.6 Å². The van der Waals surface area contributed by atoms with E-state index in [4.69, 9.17) is 0 Å². The quantitative estimate of drug-likeness (QED) is 0.872. The Labute approximate surface area is 101 Å². The van der Waals surface area contributed by atoms with E-state index in [-0.39, 0.29) is 0 Å². The van der Waals surface area contributed by atoms with Crippen LogP contribution in [0, 0.1) is 0 Å². The number of hydrogen-bond donors (Lipinski definition) is 1. The van der Waals surface area contributed by atoms with Gasteiger partial charge in [-0.2, -0.15) is 5.10 Å². The highest BCUT2D eigenvalue weighted by atomic mass is 15.3. The van der Waals surface area contributed by atoms with Gasteiger partial charge >= 0.3 is 0 Å². The Morgan fingerprint density at radius 3 is 2.94 bits per heavy atom. The van der Waals surface area contributed by atoms with E-state index in [2.05, 4.69) is 26.3 Å². The molecule has 0 radical (unpaired) electrons. The number of hydrogen-bond acceptors (Lipinski definition) is 3. The molecule has 0 bridgehead atoms. The first-order valence-corrected chi connectivity index (χ1v) is 5.99. The first kappa shape index (κ1) is 10.5. The third kappa shape index (κ3) is 1.96. The summed E-state index contributed by atoms with van der Waals surface area (Å²) in [7, 11) is 2.02. The van der Waals surface area contributed by atoms with Gasteiger partial charge in [-0.1, -0.05) is 6.07 Å². The van der Waals surface area contributed by atoms with Crippen LogP contribution in [0.4, 0.5) is 0 Å². The lowest BCUT2D eigenvalue weighted by Gasteiger charge is -2.35. The predicted molar refractivity (Wildman–Crippen MR) is 66.6 cm³/mol. The van der Waals surface area contributed by atoms with E-state index in [0.717, 1.165) is 11.3 Å². The van der Waals surface area contributed by atoms with Gasteiger partial charge in [-0.3, -0.25) is 9.67 Å². The molecule has 88 valence electrons. The summed E-state index contributed by atoms with van der Waals surface area (Å²) in [5, 5.41) is 7.72. The molecule has 0 atom stereocenters. The van der Waals surface area contributed by atoms with Gasteiger partial charge in [-0.05, 0) is 32.0 Å². The third-order valence-corrected chi connectivity index (χ3v) is 3.46. The van der Waals surface area contributed by atoms with Gasteiger partial charge in [0.25, 0.3) is 0 Å². The van der Waals surface area contributed by atoms with Crippen molar-refractivity contribution in [2.45, 2.75) is 24.9 Å². The van der Waals surface area contributed by atoms with Gasteiger partial charge in [0, 0.05) is 24.0 Å². The second-order valence-corrected chi connectivity index (χ2v) is 4.53. The Morgan fingerprint density at radius 1 is 1.35 bits per heavy atom. The minimum atomic E-state index is 0.546. The molecule has 0 saturated heterocycles. The Hall–Kier alpha value is -1.68. The molecule has 1 N–H and O–H groups in total. The summed E-state index contributed by atoms with van der Waals surface area (Å²) < 4.78 is 2.07. The summed E-state index contributed by atoms with van der Waals surface area (Å²) in [5.74, 6) is 0. The minimum absolute atomic E-state index is 0.546. The van der Waals surface area contributed by atoms with E-state index in [1.165, 1.54) is 12.8 Å². The zero-order valence-corrected chi connectivity index (χ0v) is 9.87. The molecular weight excluding hydrogens is 212 g/mol. The number of rotatable bonds is 3. The maximum Gasteiger partial charge on any atom is 0.0733 e. The SMILES string of the molecule is CN[C@H]1C[C@H](n2cc(-c3ccccn3)cn2)C1. The van der Waals surface area contributed by atoms with Gasteiger partial charge in [0.2, 0.25) is 0 Å². The topological polar surface area (TPSA) is 42.7 Å². The first-order valence-electron chi connectivity index (χ1n) is 5.99. The van der Waals surface area contributed by atoms with Crippen molar-refractivity contribution in [3.63, 3.8) is 0 Å². The predicted octanol–water partition coefficient (Wildman–Crippen LogP) is 1.87. The molecular formula is C13H16N4. The Balaban J connectivity index is 1.76. The Bertz CT molecular complexity index is 485. The average Bonchev–Trinajstić information content (AvgIpc) is 2.78. The van der Waals surface area contributed by atoms with Gasteiger partial charge < -0.3 is 5.32 Å². The second kappa shape index (κ2) is 4.30. The number of aromatic nitrogens is 3. The van der Waals surface area contributed by atoms with Crippen LogP contribution in [0.25, 0.3) is 11.3 Å². The molecule has 1 saturated carbocycles. The molecule has 1 aliphatic carbocycles. The van der Waals surface area contributed by atoms with Crippen LogP contribution >= 0.6 is 0 Å². The Kier molecular flexibility index (Phi) is 2.65. The number of nitrogens with one attached hydrogen (secondary N) is 1. The highest BCUT2D eigenvalue weighted by Gasteiger charge is 2.29. The highest BCUT2D eigenvalue weighted by Crippen LogP contribution is 2.32. The molecule has 0 unspecified atom stereocenters.